The smallest absolute Gasteiger partial charge is 0.0445 e. The maximum Gasteiger partial charge on any atom is 0.0445 e. The maximum absolute atomic E-state index is 6.50. The van der Waals surface area contributed by atoms with Gasteiger partial charge in [0.15, 0.2) is 0 Å². The molecule has 2 atom stereocenters. The Bertz CT molecular complexity index is 499. The zero-order valence-electron chi connectivity index (χ0n) is 11.9. The summed E-state index contributed by atoms with van der Waals surface area (Å²) in [6.45, 7) is 2.12. The lowest BCUT2D eigenvalue weighted by Gasteiger charge is -2.34. The van der Waals surface area contributed by atoms with Crippen LogP contribution in [0.1, 0.15) is 12.5 Å². The zero-order valence-corrected chi connectivity index (χ0v) is 11.9. The summed E-state index contributed by atoms with van der Waals surface area (Å²) < 4.78 is 0. The first-order chi connectivity index (χ1) is 8.90. The van der Waals surface area contributed by atoms with Crippen LogP contribution in [0.3, 0.4) is 0 Å². The number of rotatable bonds is 3. The Kier molecular flexibility index (Phi) is 3.67. The fourth-order valence-corrected chi connectivity index (χ4v) is 2.39. The topological polar surface area (TPSA) is 55.3 Å². The molecule has 0 heterocycles. The average molecular weight is 257 g/mol. The number of benzene rings is 1. The minimum Gasteiger partial charge on any atom is -0.399 e. The van der Waals surface area contributed by atoms with Crippen LogP contribution < -0.4 is 16.4 Å². The van der Waals surface area contributed by atoms with Gasteiger partial charge in [-0.2, -0.15) is 0 Å². The number of hydrogen-bond donors (Lipinski definition) is 2. The summed E-state index contributed by atoms with van der Waals surface area (Å²) >= 11 is 0. The van der Waals surface area contributed by atoms with Gasteiger partial charge in [0.1, 0.15) is 0 Å². The van der Waals surface area contributed by atoms with Crippen LogP contribution in [0, 0.1) is 5.92 Å². The molecule has 0 saturated heterocycles. The molecule has 0 bridgehead atoms. The van der Waals surface area contributed by atoms with Crippen molar-refractivity contribution in [3.05, 3.63) is 53.8 Å². The van der Waals surface area contributed by atoms with E-state index in [2.05, 4.69) is 36.1 Å². The molecular formula is C16H23N3. The van der Waals surface area contributed by atoms with E-state index in [9.17, 15) is 0 Å². The van der Waals surface area contributed by atoms with Crippen molar-refractivity contribution in [2.45, 2.75) is 18.9 Å². The number of nitrogens with zero attached hydrogens (tertiary/aromatic N) is 1. The molecule has 0 radical (unpaired) electrons. The van der Waals surface area contributed by atoms with Crippen LogP contribution in [0.25, 0.3) is 0 Å². The van der Waals surface area contributed by atoms with E-state index >= 15 is 0 Å². The van der Waals surface area contributed by atoms with Crippen molar-refractivity contribution in [3.8, 4) is 0 Å². The minimum absolute atomic E-state index is 0.242. The molecule has 0 aliphatic heterocycles. The second-order valence-electron chi connectivity index (χ2n) is 5.64. The van der Waals surface area contributed by atoms with Gasteiger partial charge in [-0.1, -0.05) is 31.2 Å². The third-order valence-corrected chi connectivity index (χ3v) is 3.84. The van der Waals surface area contributed by atoms with Crippen LogP contribution in [0.5, 0.6) is 0 Å². The van der Waals surface area contributed by atoms with Gasteiger partial charge in [-0.05, 0) is 36.1 Å². The lowest BCUT2D eigenvalue weighted by Crippen LogP contribution is -2.47. The molecule has 1 aliphatic rings. The Hall–Kier alpha value is -1.74. The molecule has 19 heavy (non-hydrogen) atoms. The molecule has 2 unspecified atom stereocenters. The van der Waals surface area contributed by atoms with Gasteiger partial charge in [-0.3, -0.25) is 0 Å². The van der Waals surface area contributed by atoms with E-state index in [1.54, 1.807) is 0 Å². The molecule has 2 rings (SSSR count). The molecule has 3 nitrogen and oxygen atoms in total. The number of nitrogens with two attached hydrogens (primary N) is 2. The second kappa shape index (κ2) is 5.10. The maximum atomic E-state index is 6.50. The van der Waals surface area contributed by atoms with E-state index < -0.39 is 0 Å². The summed E-state index contributed by atoms with van der Waals surface area (Å²) in [6, 6.07) is 8.54. The minimum atomic E-state index is -0.345. The van der Waals surface area contributed by atoms with Gasteiger partial charge in [0.05, 0.1) is 0 Å². The van der Waals surface area contributed by atoms with E-state index in [-0.39, 0.29) is 11.5 Å². The van der Waals surface area contributed by atoms with E-state index in [0.29, 0.717) is 0 Å². The van der Waals surface area contributed by atoms with Crippen LogP contribution in [0.4, 0.5) is 5.69 Å². The quantitative estimate of drug-likeness (QED) is 0.871. The third-order valence-electron chi connectivity index (χ3n) is 3.84. The highest BCUT2D eigenvalue weighted by atomic mass is 15.1. The Morgan fingerprint density at radius 2 is 1.84 bits per heavy atom. The van der Waals surface area contributed by atoms with Gasteiger partial charge in [-0.15, -0.1) is 0 Å². The van der Waals surface area contributed by atoms with E-state index in [0.717, 1.165) is 12.1 Å². The molecular weight excluding hydrogens is 234 g/mol. The summed E-state index contributed by atoms with van der Waals surface area (Å²) in [6.07, 6.45) is 6.80. The normalized spacial score (nSPS) is 26.1. The average Bonchev–Trinajstić information content (AvgIpc) is 2.35. The predicted octanol–water partition coefficient (Wildman–Crippen LogP) is 2.04. The summed E-state index contributed by atoms with van der Waals surface area (Å²) in [4.78, 5) is 2.09. The lowest BCUT2D eigenvalue weighted by atomic mass is 9.77. The van der Waals surface area contributed by atoms with Crippen LogP contribution >= 0.6 is 0 Å². The first-order valence-corrected chi connectivity index (χ1v) is 6.62. The Balaban J connectivity index is 2.15. The van der Waals surface area contributed by atoms with E-state index in [4.69, 9.17) is 11.5 Å². The number of anilines is 1. The predicted molar refractivity (Wildman–Crippen MR) is 82.0 cm³/mol. The van der Waals surface area contributed by atoms with Crippen LogP contribution in [0.2, 0.25) is 0 Å². The highest BCUT2D eigenvalue weighted by Crippen LogP contribution is 2.27. The van der Waals surface area contributed by atoms with Crippen molar-refractivity contribution in [2.24, 2.45) is 17.4 Å². The molecule has 102 valence electrons. The van der Waals surface area contributed by atoms with Crippen molar-refractivity contribution >= 4 is 5.69 Å². The molecule has 3 heteroatoms. The first-order valence-electron chi connectivity index (χ1n) is 6.62. The highest BCUT2D eigenvalue weighted by molar-refractivity contribution is 5.46. The Labute approximate surface area is 115 Å². The van der Waals surface area contributed by atoms with Crippen LogP contribution in [-0.4, -0.2) is 19.6 Å². The molecule has 4 N–H and O–H groups in total. The Morgan fingerprint density at radius 1 is 1.21 bits per heavy atom. The highest BCUT2D eigenvalue weighted by Gasteiger charge is 2.30. The van der Waals surface area contributed by atoms with Crippen molar-refractivity contribution in [1.82, 2.24) is 0 Å². The van der Waals surface area contributed by atoms with Crippen molar-refractivity contribution < 1.29 is 0 Å². The van der Waals surface area contributed by atoms with Crippen LogP contribution in [0.15, 0.2) is 48.2 Å². The third kappa shape index (κ3) is 2.99. The van der Waals surface area contributed by atoms with E-state index in [1.165, 1.54) is 11.3 Å². The number of hydrogen-bond acceptors (Lipinski definition) is 3. The van der Waals surface area contributed by atoms with Crippen LogP contribution in [-0.2, 0) is 6.42 Å². The molecule has 0 aromatic heterocycles. The van der Waals surface area contributed by atoms with Gasteiger partial charge >= 0.3 is 0 Å². The van der Waals surface area contributed by atoms with Gasteiger partial charge < -0.3 is 16.4 Å². The van der Waals surface area contributed by atoms with Crippen molar-refractivity contribution in [2.75, 3.05) is 19.0 Å². The van der Waals surface area contributed by atoms with Crippen molar-refractivity contribution in [3.63, 3.8) is 0 Å². The molecule has 0 fully saturated rings. The first kappa shape index (κ1) is 13.7. The molecule has 1 aromatic carbocycles. The Morgan fingerprint density at radius 3 is 2.37 bits per heavy atom. The lowest BCUT2D eigenvalue weighted by molar-refractivity contribution is 0.411. The summed E-state index contributed by atoms with van der Waals surface area (Å²) in [7, 11) is 4.08. The van der Waals surface area contributed by atoms with Gasteiger partial charge in [0, 0.05) is 31.0 Å². The van der Waals surface area contributed by atoms with Gasteiger partial charge in [-0.25, -0.2) is 0 Å². The fraction of sp³-hybridized carbons (Fsp3) is 0.375. The molecule has 1 aromatic rings. The largest absolute Gasteiger partial charge is 0.399 e. The molecule has 0 spiro atoms. The van der Waals surface area contributed by atoms with Gasteiger partial charge in [0.2, 0.25) is 0 Å². The van der Waals surface area contributed by atoms with Gasteiger partial charge in [0.25, 0.3) is 0 Å². The number of allylic oxidation sites excluding steroid dienone is 1. The van der Waals surface area contributed by atoms with E-state index in [1.807, 2.05) is 32.3 Å². The standard InChI is InChI=1S/C16H23N3/c1-12-10-14(17)8-9-16(12,18)11-13-4-6-15(7-5-13)19(2)3/h4-10,12H,11,17-18H2,1-3H3. The second-order valence-corrected chi connectivity index (χ2v) is 5.64. The zero-order chi connectivity index (χ0) is 14.0. The summed E-state index contributed by atoms with van der Waals surface area (Å²) in [5.41, 5.74) is 15.2. The summed E-state index contributed by atoms with van der Waals surface area (Å²) in [5, 5.41) is 0. The monoisotopic (exact) mass is 257 g/mol. The summed E-state index contributed by atoms with van der Waals surface area (Å²) in [5.74, 6) is 0.242. The molecule has 0 amide bonds. The van der Waals surface area contributed by atoms with Crippen molar-refractivity contribution in [1.29, 1.82) is 0 Å². The molecule has 0 saturated carbocycles. The SMILES string of the molecule is CC1C=C(N)C=CC1(N)Cc1ccc(N(C)C)cc1. The molecule has 1 aliphatic carbocycles. The fourth-order valence-electron chi connectivity index (χ4n) is 2.39.